The minimum atomic E-state index is -3.63. The van der Waals surface area contributed by atoms with E-state index in [1.165, 1.54) is 12.5 Å². The van der Waals surface area contributed by atoms with Gasteiger partial charge < -0.3 is 10.7 Å². The number of hydrogen-bond donors (Lipinski definition) is 4. The van der Waals surface area contributed by atoms with Crippen LogP contribution in [0.2, 0.25) is 0 Å². The predicted octanol–water partition coefficient (Wildman–Crippen LogP) is -0.930. The van der Waals surface area contributed by atoms with E-state index in [0.717, 1.165) is 0 Å². The van der Waals surface area contributed by atoms with Crippen LogP contribution in [-0.2, 0) is 23.1 Å². The van der Waals surface area contributed by atoms with Crippen LogP contribution in [0.25, 0.3) is 0 Å². The average molecular weight is 256 g/mol. The molecule has 92 valence electrons. The highest BCUT2D eigenvalue weighted by atomic mass is 32.2. The van der Waals surface area contributed by atoms with Crippen molar-refractivity contribution in [2.45, 2.75) is 18.1 Å². The van der Waals surface area contributed by atoms with Crippen LogP contribution >= 0.6 is 0 Å². The van der Waals surface area contributed by atoms with Gasteiger partial charge in [0.2, 0.25) is 0 Å². The molecule has 0 spiro atoms. The van der Waals surface area contributed by atoms with Gasteiger partial charge in [0, 0.05) is 24.0 Å². The Morgan fingerprint density at radius 1 is 1.41 bits per heavy atom. The van der Waals surface area contributed by atoms with Gasteiger partial charge in [0.1, 0.15) is 0 Å². The molecule has 2 heterocycles. The summed E-state index contributed by atoms with van der Waals surface area (Å²) in [5.41, 5.74) is 6.53. The molecule has 0 amide bonds. The molecule has 0 aliphatic carbocycles. The second-order valence-electron chi connectivity index (χ2n) is 3.33. The van der Waals surface area contributed by atoms with Crippen molar-refractivity contribution in [3.63, 3.8) is 0 Å². The third kappa shape index (κ3) is 2.52. The van der Waals surface area contributed by atoms with E-state index in [4.69, 9.17) is 5.73 Å². The first-order valence-corrected chi connectivity index (χ1v) is 6.31. The number of imidazole rings is 1. The van der Waals surface area contributed by atoms with Crippen LogP contribution < -0.4 is 10.5 Å². The molecule has 0 aliphatic heterocycles. The highest BCUT2D eigenvalue weighted by Gasteiger charge is 2.19. The summed E-state index contributed by atoms with van der Waals surface area (Å²) in [5, 5.41) is 6.08. The predicted molar refractivity (Wildman–Crippen MR) is 59.1 cm³/mol. The second kappa shape index (κ2) is 4.65. The number of H-pyrrole nitrogens is 2. The molecule has 5 N–H and O–H groups in total. The van der Waals surface area contributed by atoms with Crippen LogP contribution in [-0.4, -0.2) is 28.6 Å². The van der Waals surface area contributed by atoms with Gasteiger partial charge in [-0.2, -0.15) is 5.10 Å². The van der Waals surface area contributed by atoms with Crippen molar-refractivity contribution in [3.05, 3.63) is 30.0 Å². The summed E-state index contributed by atoms with van der Waals surface area (Å²) in [4.78, 5) is 6.58. The molecule has 2 rings (SSSR count). The van der Waals surface area contributed by atoms with E-state index in [2.05, 4.69) is 24.9 Å². The molecule has 0 aliphatic rings. The lowest BCUT2D eigenvalue weighted by Crippen LogP contribution is -2.25. The number of nitrogens with one attached hydrogen (secondary N) is 3. The molecular weight excluding hydrogens is 244 g/mol. The fraction of sp³-hybridized carbons (Fsp3) is 0.250. The molecule has 0 atom stereocenters. The third-order valence-corrected chi connectivity index (χ3v) is 3.59. The molecule has 17 heavy (non-hydrogen) atoms. The first kappa shape index (κ1) is 11.8. The lowest BCUT2D eigenvalue weighted by molar-refractivity contribution is 0.575. The summed E-state index contributed by atoms with van der Waals surface area (Å²) in [6, 6.07) is 0. The van der Waals surface area contributed by atoms with Gasteiger partial charge >= 0.3 is 0 Å². The molecule has 0 unspecified atom stereocenters. The molecule has 0 aromatic carbocycles. The van der Waals surface area contributed by atoms with E-state index in [0.29, 0.717) is 11.3 Å². The highest BCUT2D eigenvalue weighted by Crippen LogP contribution is 2.10. The Labute approximate surface area is 97.7 Å². The van der Waals surface area contributed by atoms with Crippen LogP contribution in [0.15, 0.2) is 23.7 Å². The van der Waals surface area contributed by atoms with Crippen molar-refractivity contribution >= 4 is 10.0 Å². The molecule has 8 nitrogen and oxygen atoms in total. The van der Waals surface area contributed by atoms with E-state index in [1.54, 1.807) is 6.20 Å². The molecule has 0 bridgehead atoms. The Morgan fingerprint density at radius 2 is 2.24 bits per heavy atom. The van der Waals surface area contributed by atoms with Gasteiger partial charge in [-0.15, -0.1) is 0 Å². The Kier molecular flexibility index (Phi) is 3.22. The van der Waals surface area contributed by atoms with E-state index in [1.807, 2.05) is 0 Å². The van der Waals surface area contributed by atoms with Crippen LogP contribution in [0.3, 0.4) is 0 Å². The number of aromatic amines is 2. The average Bonchev–Trinajstić information content (AvgIpc) is 2.97. The van der Waals surface area contributed by atoms with Crippen molar-refractivity contribution in [2.75, 3.05) is 0 Å². The fourth-order valence-electron chi connectivity index (χ4n) is 1.30. The Hall–Kier alpha value is -1.71. The maximum atomic E-state index is 11.9. The minimum absolute atomic E-state index is 0.000449. The third-order valence-electron chi connectivity index (χ3n) is 2.17. The first-order chi connectivity index (χ1) is 8.13. The maximum Gasteiger partial charge on any atom is 0.258 e. The van der Waals surface area contributed by atoms with Crippen molar-refractivity contribution in [2.24, 2.45) is 5.73 Å². The second-order valence-corrected chi connectivity index (χ2v) is 5.03. The number of sulfonamides is 1. The van der Waals surface area contributed by atoms with Crippen LogP contribution in [0.1, 0.15) is 11.3 Å². The largest absolute Gasteiger partial charge is 0.347 e. The Bertz CT molecular complexity index is 573. The standard InChI is InChI=1S/C8H12N6O2S/c9-1-6-2-12-14-8(6)17(15,16)13-4-7-3-10-5-11-7/h2-3,5,13H,1,4,9H2,(H,10,11)(H,12,14). The van der Waals surface area contributed by atoms with Crippen molar-refractivity contribution < 1.29 is 8.42 Å². The van der Waals surface area contributed by atoms with Gasteiger partial charge in [-0.3, -0.25) is 5.10 Å². The monoisotopic (exact) mass is 256 g/mol. The zero-order valence-corrected chi connectivity index (χ0v) is 9.66. The van der Waals surface area contributed by atoms with Gasteiger partial charge in [0.05, 0.1) is 19.1 Å². The molecule has 2 aromatic heterocycles. The lowest BCUT2D eigenvalue weighted by atomic mass is 10.4. The summed E-state index contributed by atoms with van der Waals surface area (Å²) >= 11 is 0. The minimum Gasteiger partial charge on any atom is -0.347 e. The zero-order valence-electron chi connectivity index (χ0n) is 8.84. The highest BCUT2D eigenvalue weighted by molar-refractivity contribution is 7.89. The Balaban J connectivity index is 2.14. The molecule has 2 aromatic rings. The Morgan fingerprint density at radius 3 is 2.88 bits per heavy atom. The lowest BCUT2D eigenvalue weighted by Gasteiger charge is -2.04. The number of aromatic nitrogens is 4. The van der Waals surface area contributed by atoms with E-state index in [9.17, 15) is 8.42 Å². The summed E-state index contributed by atoms with van der Waals surface area (Å²) in [7, 11) is -3.63. The number of nitrogens with zero attached hydrogens (tertiary/aromatic N) is 2. The normalized spacial score (nSPS) is 11.8. The van der Waals surface area contributed by atoms with Crippen molar-refractivity contribution in [3.8, 4) is 0 Å². The zero-order chi connectivity index (χ0) is 12.3. The van der Waals surface area contributed by atoms with Crippen LogP contribution in [0.5, 0.6) is 0 Å². The molecule has 0 fully saturated rings. The number of nitrogens with two attached hydrogens (primary N) is 1. The smallest absolute Gasteiger partial charge is 0.258 e. The van der Waals surface area contributed by atoms with Gasteiger partial charge in [-0.1, -0.05) is 0 Å². The molecule has 0 saturated heterocycles. The SMILES string of the molecule is NCc1cn[nH]c1S(=O)(=O)NCc1cnc[nH]1. The van der Waals surface area contributed by atoms with Gasteiger partial charge in [-0.05, 0) is 0 Å². The van der Waals surface area contributed by atoms with Crippen molar-refractivity contribution in [1.29, 1.82) is 0 Å². The van der Waals surface area contributed by atoms with E-state index < -0.39 is 10.0 Å². The van der Waals surface area contributed by atoms with Gasteiger partial charge in [0.25, 0.3) is 10.0 Å². The van der Waals surface area contributed by atoms with Gasteiger partial charge in [0.15, 0.2) is 5.03 Å². The fourth-order valence-corrected chi connectivity index (χ4v) is 2.45. The first-order valence-electron chi connectivity index (χ1n) is 4.82. The van der Waals surface area contributed by atoms with Crippen LogP contribution in [0.4, 0.5) is 0 Å². The van der Waals surface area contributed by atoms with E-state index >= 15 is 0 Å². The number of hydrogen-bond acceptors (Lipinski definition) is 5. The molecule has 0 saturated carbocycles. The van der Waals surface area contributed by atoms with Gasteiger partial charge in [-0.25, -0.2) is 18.1 Å². The van der Waals surface area contributed by atoms with Crippen molar-refractivity contribution in [1.82, 2.24) is 24.9 Å². The summed E-state index contributed by atoms with van der Waals surface area (Å²) in [6.07, 6.45) is 4.41. The summed E-state index contributed by atoms with van der Waals surface area (Å²) in [5.74, 6) is 0. The van der Waals surface area contributed by atoms with Crippen LogP contribution in [0, 0.1) is 0 Å². The summed E-state index contributed by atoms with van der Waals surface area (Å²) < 4.78 is 26.2. The number of rotatable bonds is 5. The topological polar surface area (TPSA) is 130 Å². The molecular formula is C8H12N6O2S. The van der Waals surface area contributed by atoms with E-state index in [-0.39, 0.29) is 18.1 Å². The molecule has 0 radical (unpaired) electrons. The maximum absolute atomic E-state index is 11.9. The quantitative estimate of drug-likeness (QED) is 0.549. The molecule has 9 heteroatoms. The summed E-state index contributed by atoms with van der Waals surface area (Å²) in [6.45, 7) is 0.238.